The summed E-state index contributed by atoms with van der Waals surface area (Å²) in [6, 6.07) is -0.232. The molecule has 2 atom stereocenters. The van der Waals surface area contributed by atoms with Crippen LogP contribution in [0.25, 0.3) is 0 Å². The van der Waals surface area contributed by atoms with Crippen LogP contribution in [0.1, 0.15) is 33.6 Å². The second-order valence-corrected chi connectivity index (χ2v) is 5.67. The summed E-state index contributed by atoms with van der Waals surface area (Å²) in [5.74, 6) is 0. The van der Waals surface area contributed by atoms with E-state index in [1.54, 1.807) is 4.90 Å². The molecule has 4 nitrogen and oxygen atoms in total. The van der Waals surface area contributed by atoms with Crippen LogP contribution >= 0.6 is 11.2 Å². The number of rotatable bonds is 1. The summed E-state index contributed by atoms with van der Waals surface area (Å²) in [4.78, 5) is 13.4. The highest BCUT2D eigenvalue weighted by atomic mass is 32.1. The van der Waals surface area contributed by atoms with Crippen molar-refractivity contribution in [2.75, 3.05) is 6.54 Å². The molecule has 0 aromatic heterocycles. The first kappa shape index (κ1) is 13.3. The summed E-state index contributed by atoms with van der Waals surface area (Å²) >= 11 is 0.867. The minimum atomic E-state index is -0.741. The highest BCUT2D eigenvalue weighted by Crippen LogP contribution is 2.24. The van der Waals surface area contributed by atoms with Crippen molar-refractivity contribution in [1.29, 1.82) is 0 Å². The molecule has 16 heavy (non-hydrogen) atoms. The Hall–Kier alpha value is -0.770. The van der Waals surface area contributed by atoms with E-state index in [4.69, 9.17) is 10.4 Å². The second-order valence-electron chi connectivity index (χ2n) is 4.91. The predicted octanol–water partition coefficient (Wildman–Crippen LogP) is 2.03. The van der Waals surface area contributed by atoms with Crippen molar-refractivity contribution < 1.29 is 14.6 Å². The van der Waals surface area contributed by atoms with Crippen LogP contribution in [0.5, 0.6) is 0 Å². The smallest absolute Gasteiger partial charge is 0.410 e. The van der Waals surface area contributed by atoms with E-state index in [1.165, 1.54) is 0 Å². The Labute approximate surface area is 100 Å². The predicted molar refractivity (Wildman–Crippen MR) is 64.5 cm³/mol. The maximum Gasteiger partial charge on any atom is 0.410 e. The fourth-order valence-corrected chi connectivity index (χ4v) is 2.19. The van der Waals surface area contributed by atoms with Gasteiger partial charge < -0.3 is 14.7 Å². The Balaban J connectivity index is 2.65. The molecule has 0 aromatic carbocycles. The van der Waals surface area contributed by atoms with E-state index < -0.39 is 11.0 Å². The minimum Gasteiger partial charge on any atom is -0.444 e. The Kier molecular flexibility index (Phi) is 4.19. The maximum atomic E-state index is 11.8. The van der Waals surface area contributed by atoms with Gasteiger partial charge in [0.25, 0.3) is 0 Å². The first-order chi connectivity index (χ1) is 7.35. The number of hydrogen-bond donors (Lipinski definition) is 1. The maximum absolute atomic E-state index is 11.8. The summed E-state index contributed by atoms with van der Waals surface area (Å²) in [6.45, 7) is 6.09. The molecule has 0 bridgehead atoms. The van der Waals surface area contributed by atoms with E-state index in [-0.39, 0.29) is 12.1 Å². The van der Waals surface area contributed by atoms with E-state index in [0.29, 0.717) is 6.54 Å². The average Bonchev–Trinajstić information content (AvgIpc) is 2.62. The van der Waals surface area contributed by atoms with Crippen LogP contribution < -0.4 is 0 Å². The Morgan fingerprint density at radius 2 is 2.25 bits per heavy atom. The lowest BCUT2D eigenvalue weighted by Crippen LogP contribution is -2.43. The topological polar surface area (TPSA) is 49.8 Å². The molecule has 0 aliphatic carbocycles. The van der Waals surface area contributed by atoms with Crippen LogP contribution in [-0.2, 0) is 4.74 Å². The Bertz CT molecular complexity index is 305. The van der Waals surface area contributed by atoms with Crippen molar-refractivity contribution in [1.82, 2.24) is 4.90 Å². The third-order valence-electron chi connectivity index (χ3n) is 2.40. The monoisotopic (exact) mass is 245 g/mol. The van der Waals surface area contributed by atoms with Crippen LogP contribution in [-0.4, -0.2) is 39.7 Å². The van der Waals surface area contributed by atoms with Crippen molar-refractivity contribution in [3.8, 4) is 5.69 Å². The standard InChI is InChI=1S/C11H19NO3S/c1-11(2,3)15-10(14)12-7-5-6-8(12)9(13)16-4/h4,8-9,13H,5-7H2,1-3H3/t8?,9-/m1/s1. The van der Waals surface area contributed by atoms with Gasteiger partial charge in [0.1, 0.15) is 11.0 Å². The molecule has 1 fully saturated rings. The zero-order chi connectivity index (χ0) is 12.3. The molecule has 1 amide bonds. The minimum absolute atomic E-state index is 0.232. The van der Waals surface area contributed by atoms with Gasteiger partial charge in [0.2, 0.25) is 0 Å². The number of aliphatic hydroxyl groups excluding tert-OH is 1. The van der Waals surface area contributed by atoms with Crippen molar-refractivity contribution in [3.63, 3.8) is 0 Å². The summed E-state index contributed by atoms with van der Waals surface area (Å²) < 4.78 is 5.27. The largest absolute Gasteiger partial charge is 0.444 e. The van der Waals surface area contributed by atoms with Gasteiger partial charge in [-0.1, -0.05) is 0 Å². The summed E-state index contributed by atoms with van der Waals surface area (Å²) in [7, 11) is 0. The number of carbonyl (C=O) groups excluding carboxylic acids is 1. The van der Waals surface area contributed by atoms with Crippen LogP contribution in [0.4, 0.5) is 4.79 Å². The van der Waals surface area contributed by atoms with Crippen molar-refractivity contribution in [3.05, 3.63) is 0 Å². The lowest BCUT2D eigenvalue weighted by atomic mass is 10.2. The molecule has 1 rings (SSSR count). The fraction of sp³-hybridized carbons (Fsp3) is 0.818. The van der Waals surface area contributed by atoms with Crippen LogP contribution in [0, 0.1) is 5.69 Å². The number of ether oxygens (including phenoxy) is 1. The third-order valence-corrected chi connectivity index (χ3v) is 2.99. The first-order valence-corrected chi connectivity index (χ1v) is 6.32. The van der Waals surface area contributed by atoms with Crippen LogP contribution in [0.15, 0.2) is 0 Å². The molecule has 1 aliphatic rings. The molecular weight excluding hydrogens is 226 g/mol. The zero-order valence-electron chi connectivity index (χ0n) is 9.97. The highest BCUT2D eigenvalue weighted by molar-refractivity contribution is 7.88. The number of aliphatic hydroxyl groups is 1. The quantitative estimate of drug-likeness (QED) is 0.719. The van der Waals surface area contributed by atoms with Gasteiger partial charge in [0.05, 0.1) is 6.04 Å². The highest BCUT2D eigenvalue weighted by Gasteiger charge is 2.35. The summed E-state index contributed by atoms with van der Waals surface area (Å²) in [5.41, 5.74) is 4.08. The van der Waals surface area contributed by atoms with E-state index >= 15 is 0 Å². The van der Waals surface area contributed by atoms with Gasteiger partial charge in [-0.2, -0.15) is 0 Å². The molecule has 0 spiro atoms. The average molecular weight is 245 g/mol. The van der Waals surface area contributed by atoms with E-state index in [1.807, 2.05) is 20.8 Å². The molecule has 1 N–H and O–H groups in total. The van der Waals surface area contributed by atoms with Crippen LogP contribution in [0.3, 0.4) is 0 Å². The molecule has 0 saturated carbocycles. The van der Waals surface area contributed by atoms with Crippen molar-refractivity contribution in [2.45, 2.75) is 50.7 Å². The summed E-state index contributed by atoms with van der Waals surface area (Å²) in [6.07, 6.45) is 1.27. The molecule has 5 heteroatoms. The van der Waals surface area contributed by atoms with Crippen molar-refractivity contribution >= 4 is 17.3 Å². The van der Waals surface area contributed by atoms with E-state index in [2.05, 4.69) is 0 Å². The molecule has 0 aromatic rings. The number of hydrogen-bond acceptors (Lipinski definition) is 3. The van der Waals surface area contributed by atoms with Gasteiger partial charge in [0.15, 0.2) is 0 Å². The molecule has 1 aliphatic heterocycles. The second kappa shape index (κ2) is 5.04. The van der Waals surface area contributed by atoms with Gasteiger partial charge in [-0.15, -0.1) is 16.9 Å². The van der Waals surface area contributed by atoms with Crippen LogP contribution in [0.2, 0.25) is 0 Å². The lowest BCUT2D eigenvalue weighted by molar-refractivity contribution is 0.0152. The van der Waals surface area contributed by atoms with Crippen molar-refractivity contribution in [2.24, 2.45) is 0 Å². The van der Waals surface area contributed by atoms with Gasteiger partial charge in [-0.05, 0) is 33.6 Å². The molecule has 1 unspecified atom stereocenters. The Morgan fingerprint density at radius 1 is 1.62 bits per heavy atom. The fourth-order valence-electron chi connectivity index (χ4n) is 1.73. The van der Waals surface area contributed by atoms with E-state index in [9.17, 15) is 9.90 Å². The number of amides is 1. The van der Waals surface area contributed by atoms with Gasteiger partial charge >= 0.3 is 6.09 Å². The molecule has 1 saturated heterocycles. The normalized spacial score (nSPS) is 22.9. The van der Waals surface area contributed by atoms with Gasteiger partial charge in [-0.25, -0.2) is 4.79 Å². The Morgan fingerprint density at radius 3 is 2.75 bits per heavy atom. The lowest BCUT2D eigenvalue weighted by Gasteiger charge is -2.29. The van der Waals surface area contributed by atoms with Gasteiger partial charge in [-0.3, -0.25) is 0 Å². The molecule has 1 heterocycles. The molecule has 0 radical (unpaired) electrons. The van der Waals surface area contributed by atoms with E-state index in [0.717, 1.165) is 24.0 Å². The van der Waals surface area contributed by atoms with Gasteiger partial charge in [0, 0.05) is 6.54 Å². The molecular formula is C11H19NO3S. The number of nitrogens with zero attached hydrogens (tertiary/aromatic N) is 1. The SMILES string of the molecule is C#S[C@@H](O)C1CCCN1C(=O)OC(C)(C)C. The number of carbonyl (C=O) groups is 1. The zero-order valence-corrected chi connectivity index (χ0v) is 10.8. The summed E-state index contributed by atoms with van der Waals surface area (Å²) in [5, 5.41) is 9.66. The number of likely N-dealkylation sites (tertiary alicyclic amines) is 1. The molecule has 92 valence electrons. The third kappa shape index (κ3) is 3.37. The first-order valence-electron chi connectivity index (χ1n) is 5.38.